The Balaban J connectivity index is 3.08. The van der Waals surface area contributed by atoms with E-state index in [0.717, 1.165) is 6.61 Å². The topological polar surface area (TPSA) is 12.5 Å². The fourth-order valence-electron chi connectivity index (χ4n) is 1.23. The van der Waals surface area contributed by atoms with Crippen LogP contribution in [0.2, 0.25) is 0 Å². The molecule has 74 valence electrons. The third kappa shape index (κ3) is 8.02. The molecule has 1 unspecified atom stereocenters. The van der Waals surface area contributed by atoms with Gasteiger partial charge in [-0.25, -0.2) is 0 Å². The van der Waals surface area contributed by atoms with Gasteiger partial charge in [0.2, 0.25) is 0 Å². The minimum atomic E-state index is 0.442. The van der Waals surface area contributed by atoms with Crippen LogP contribution in [0.4, 0.5) is 0 Å². The maximum atomic E-state index is 5.44. The third-order valence-corrected chi connectivity index (χ3v) is 1.92. The molecular weight excluding hydrogens is 150 g/mol. The van der Waals surface area contributed by atoms with Crippen molar-refractivity contribution in [1.29, 1.82) is 0 Å². The highest BCUT2D eigenvalue weighted by Gasteiger charge is 1.99. The zero-order valence-corrected chi connectivity index (χ0v) is 8.97. The molecule has 0 N–H and O–H groups in total. The van der Waals surface area contributed by atoms with Crippen molar-refractivity contribution < 1.29 is 4.74 Å². The zero-order valence-electron chi connectivity index (χ0n) is 8.97. The second-order valence-corrected chi connectivity index (χ2v) is 3.57. The second-order valence-electron chi connectivity index (χ2n) is 3.57. The first kappa shape index (κ1) is 11.9. The van der Waals surface area contributed by atoms with Crippen LogP contribution in [-0.4, -0.2) is 38.3 Å². The molecule has 0 aromatic rings. The van der Waals surface area contributed by atoms with Crippen LogP contribution in [0.3, 0.4) is 0 Å². The molecule has 12 heavy (non-hydrogen) atoms. The average molecular weight is 173 g/mol. The van der Waals surface area contributed by atoms with E-state index in [4.69, 9.17) is 4.74 Å². The molecular formula is C10H23NO. The summed E-state index contributed by atoms with van der Waals surface area (Å²) in [7, 11) is 4.23. The number of hydrogen-bond acceptors (Lipinski definition) is 2. The predicted octanol–water partition coefficient (Wildman–Crippen LogP) is 2.14. The van der Waals surface area contributed by atoms with Crippen LogP contribution in [0.15, 0.2) is 0 Å². The van der Waals surface area contributed by atoms with E-state index in [1.165, 1.54) is 25.8 Å². The van der Waals surface area contributed by atoms with Crippen molar-refractivity contribution >= 4 is 0 Å². The fraction of sp³-hybridized carbons (Fsp3) is 1.00. The van der Waals surface area contributed by atoms with Crippen molar-refractivity contribution in [3.63, 3.8) is 0 Å². The highest BCUT2D eigenvalue weighted by Crippen LogP contribution is 2.04. The van der Waals surface area contributed by atoms with Crippen molar-refractivity contribution in [2.24, 2.45) is 0 Å². The van der Waals surface area contributed by atoms with Crippen LogP contribution in [-0.2, 0) is 4.74 Å². The molecule has 1 atom stereocenters. The molecule has 0 fully saturated rings. The van der Waals surface area contributed by atoms with E-state index in [1.807, 2.05) is 0 Å². The lowest BCUT2D eigenvalue weighted by atomic mass is 10.2. The van der Waals surface area contributed by atoms with Gasteiger partial charge in [0.1, 0.15) is 0 Å². The van der Waals surface area contributed by atoms with Gasteiger partial charge in [0.05, 0.1) is 6.10 Å². The quantitative estimate of drug-likeness (QED) is 0.547. The van der Waals surface area contributed by atoms with E-state index >= 15 is 0 Å². The summed E-state index contributed by atoms with van der Waals surface area (Å²) in [6.45, 7) is 6.24. The molecule has 2 nitrogen and oxygen atoms in total. The molecule has 0 aromatic heterocycles. The molecule has 0 rings (SSSR count). The van der Waals surface area contributed by atoms with Gasteiger partial charge in [0.25, 0.3) is 0 Å². The maximum absolute atomic E-state index is 5.44. The lowest BCUT2D eigenvalue weighted by Crippen LogP contribution is -2.14. The summed E-state index contributed by atoms with van der Waals surface area (Å²) >= 11 is 0. The number of rotatable bonds is 7. The van der Waals surface area contributed by atoms with Crippen LogP contribution in [0.5, 0.6) is 0 Å². The molecule has 0 radical (unpaired) electrons. The van der Waals surface area contributed by atoms with Crippen molar-refractivity contribution in [2.75, 3.05) is 27.2 Å². The summed E-state index contributed by atoms with van der Waals surface area (Å²) in [5.74, 6) is 0. The lowest BCUT2D eigenvalue weighted by molar-refractivity contribution is 0.0681. The minimum Gasteiger partial charge on any atom is -0.379 e. The average Bonchev–Trinajstić information content (AvgIpc) is 1.98. The normalized spacial score (nSPS) is 13.8. The molecule has 0 amide bonds. The summed E-state index contributed by atoms with van der Waals surface area (Å²) in [6, 6.07) is 0. The number of unbranched alkanes of at least 4 members (excludes halogenated alkanes) is 1. The Morgan fingerprint density at radius 2 is 1.92 bits per heavy atom. The van der Waals surface area contributed by atoms with Crippen LogP contribution in [0.1, 0.15) is 33.1 Å². The Morgan fingerprint density at radius 1 is 1.25 bits per heavy atom. The number of hydrogen-bond donors (Lipinski definition) is 0. The van der Waals surface area contributed by atoms with Gasteiger partial charge in [-0.1, -0.05) is 0 Å². The molecule has 0 spiro atoms. The first-order chi connectivity index (χ1) is 5.66. The first-order valence-electron chi connectivity index (χ1n) is 4.93. The van der Waals surface area contributed by atoms with Gasteiger partial charge < -0.3 is 9.64 Å². The van der Waals surface area contributed by atoms with Gasteiger partial charge in [-0.05, 0) is 53.8 Å². The van der Waals surface area contributed by atoms with Gasteiger partial charge in [0, 0.05) is 6.61 Å². The predicted molar refractivity (Wildman–Crippen MR) is 53.5 cm³/mol. The summed E-state index contributed by atoms with van der Waals surface area (Å²) in [5, 5.41) is 0. The van der Waals surface area contributed by atoms with Crippen LogP contribution in [0.25, 0.3) is 0 Å². The Hall–Kier alpha value is -0.0800. The Labute approximate surface area is 76.9 Å². The van der Waals surface area contributed by atoms with E-state index in [-0.39, 0.29) is 0 Å². The van der Waals surface area contributed by atoms with Crippen molar-refractivity contribution in [1.82, 2.24) is 4.90 Å². The van der Waals surface area contributed by atoms with Crippen LogP contribution >= 0.6 is 0 Å². The SMILES string of the molecule is CCOC(C)CCCCN(C)C. The molecule has 0 aliphatic rings. The molecule has 0 saturated heterocycles. The van der Waals surface area contributed by atoms with Gasteiger partial charge in [-0.15, -0.1) is 0 Å². The van der Waals surface area contributed by atoms with E-state index in [0.29, 0.717) is 6.10 Å². The van der Waals surface area contributed by atoms with Crippen LogP contribution in [0, 0.1) is 0 Å². The lowest BCUT2D eigenvalue weighted by Gasteiger charge is -2.12. The number of ether oxygens (including phenoxy) is 1. The Bertz CT molecular complexity index is 93.8. The van der Waals surface area contributed by atoms with E-state index in [2.05, 4.69) is 32.8 Å². The standard InChI is InChI=1S/C10H23NO/c1-5-12-10(2)8-6-7-9-11(3)4/h10H,5-9H2,1-4H3. The fourth-order valence-corrected chi connectivity index (χ4v) is 1.23. The summed E-state index contributed by atoms with van der Waals surface area (Å²) < 4.78 is 5.44. The van der Waals surface area contributed by atoms with Gasteiger partial charge in [-0.3, -0.25) is 0 Å². The summed E-state index contributed by atoms with van der Waals surface area (Å²) in [4.78, 5) is 2.23. The maximum Gasteiger partial charge on any atom is 0.0546 e. The third-order valence-electron chi connectivity index (χ3n) is 1.92. The molecule has 0 saturated carbocycles. The van der Waals surface area contributed by atoms with E-state index in [1.54, 1.807) is 0 Å². The molecule has 0 bridgehead atoms. The van der Waals surface area contributed by atoms with Crippen LogP contribution < -0.4 is 0 Å². The van der Waals surface area contributed by atoms with Gasteiger partial charge in [-0.2, -0.15) is 0 Å². The number of nitrogens with zero attached hydrogens (tertiary/aromatic N) is 1. The van der Waals surface area contributed by atoms with E-state index in [9.17, 15) is 0 Å². The molecule has 0 aliphatic carbocycles. The highest BCUT2D eigenvalue weighted by atomic mass is 16.5. The second kappa shape index (κ2) is 7.56. The Kier molecular flexibility index (Phi) is 7.51. The monoisotopic (exact) mass is 173 g/mol. The highest BCUT2D eigenvalue weighted by molar-refractivity contribution is 4.52. The largest absolute Gasteiger partial charge is 0.379 e. The van der Waals surface area contributed by atoms with Crippen molar-refractivity contribution in [2.45, 2.75) is 39.2 Å². The van der Waals surface area contributed by atoms with Gasteiger partial charge in [0.15, 0.2) is 0 Å². The summed E-state index contributed by atoms with van der Waals surface area (Å²) in [5.41, 5.74) is 0. The Morgan fingerprint density at radius 3 is 2.42 bits per heavy atom. The van der Waals surface area contributed by atoms with Gasteiger partial charge >= 0.3 is 0 Å². The molecule has 0 aromatic carbocycles. The van der Waals surface area contributed by atoms with Crippen molar-refractivity contribution in [3.05, 3.63) is 0 Å². The molecule has 0 aliphatic heterocycles. The van der Waals surface area contributed by atoms with E-state index < -0.39 is 0 Å². The van der Waals surface area contributed by atoms with Crippen molar-refractivity contribution in [3.8, 4) is 0 Å². The molecule has 2 heteroatoms. The first-order valence-corrected chi connectivity index (χ1v) is 4.93. The molecule has 0 heterocycles. The minimum absolute atomic E-state index is 0.442. The summed E-state index contributed by atoms with van der Waals surface area (Å²) in [6.07, 6.45) is 4.20. The smallest absolute Gasteiger partial charge is 0.0546 e. The zero-order chi connectivity index (χ0) is 9.40.